The summed E-state index contributed by atoms with van der Waals surface area (Å²) in [6.45, 7) is 2.00. The second-order valence-electron chi connectivity index (χ2n) is 9.06. The molecule has 2 heterocycles. The molecule has 1 fully saturated rings. The largest absolute Gasteiger partial charge is 0.497 e. The maximum atomic E-state index is 11.2. The first-order valence-electron chi connectivity index (χ1n) is 11.7. The number of aliphatic hydroxyl groups is 1. The van der Waals surface area contributed by atoms with Gasteiger partial charge < -0.3 is 24.6 Å². The third kappa shape index (κ3) is 5.04. The fraction of sp³-hybridized carbons (Fsp3) is 0.462. The zero-order valence-electron chi connectivity index (χ0n) is 19.0. The smallest absolute Gasteiger partial charge is 0.161 e. The zero-order chi connectivity index (χ0) is 22.7. The molecular weight excluding hydrogens is 418 g/mol. The first kappa shape index (κ1) is 21.9. The SMILES string of the molecule is COc1ccc2ncnc(CCC3(O)CCC(NCc4ccc5c(c4)OCCO5)CC3)c2c1. The average molecular weight is 450 g/mol. The summed E-state index contributed by atoms with van der Waals surface area (Å²) < 4.78 is 16.6. The van der Waals surface area contributed by atoms with Crippen molar-refractivity contribution < 1.29 is 19.3 Å². The van der Waals surface area contributed by atoms with Gasteiger partial charge in [0.25, 0.3) is 0 Å². The standard InChI is InChI=1S/C26H31N3O4/c1-31-20-3-4-22-21(15-20)23(29-17-28-22)8-11-26(30)9-6-19(7-10-26)27-16-18-2-5-24-25(14-18)33-13-12-32-24/h2-5,14-15,17,19,27,30H,6-13,16H2,1H3. The molecule has 0 bridgehead atoms. The number of nitrogens with one attached hydrogen (secondary N) is 1. The van der Waals surface area contributed by atoms with Crippen LogP contribution in [0.5, 0.6) is 17.2 Å². The second kappa shape index (κ2) is 9.53. The van der Waals surface area contributed by atoms with Gasteiger partial charge in [-0.1, -0.05) is 6.07 Å². The van der Waals surface area contributed by atoms with E-state index in [1.165, 1.54) is 5.56 Å². The van der Waals surface area contributed by atoms with Crippen LogP contribution < -0.4 is 19.5 Å². The summed E-state index contributed by atoms with van der Waals surface area (Å²) >= 11 is 0. The molecular formula is C26H31N3O4. The van der Waals surface area contributed by atoms with E-state index in [4.69, 9.17) is 14.2 Å². The predicted octanol–water partition coefficient (Wildman–Crippen LogP) is 3.81. The van der Waals surface area contributed by atoms with Gasteiger partial charge >= 0.3 is 0 Å². The molecule has 7 heteroatoms. The number of aromatic nitrogens is 2. The van der Waals surface area contributed by atoms with Gasteiger partial charge in [0.05, 0.1) is 23.9 Å². The molecule has 2 N–H and O–H groups in total. The predicted molar refractivity (Wildman–Crippen MR) is 126 cm³/mol. The van der Waals surface area contributed by atoms with Crippen molar-refractivity contribution in [1.82, 2.24) is 15.3 Å². The molecule has 1 aliphatic carbocycles. The highest BCUT2D eigenvalue weighted by atomic mass is 16.6. The van der Waals surface area contributed by atoms with Crippen LogP contribution in [0.1, 0.15) is 43.4 Å². The van der Waals surface area contributed by atoms with E-state index in [0.717, 1.165) is 72.5 Å². The molecule has 3 aromatic rings. The summed E-state index contributed by atoms with van der Waals surface area (Å²) in [4.78, 5) is 8.85. The molecule has 0 radical (unpaired) electrons. The maximum Gasteiger partial charge on any atom is 0.161 e. The zero-order valence-corrected chi connectivity index (χ0v) is 19.0. The molecule has 0 saturated heterocycles. The van der Waals surface area contributed by atoms with Gasteiger partial charge in [-0.15, -0.1) is 0 Å². The quantitative estimate of drug-likeness (QED) is 0.567. The summed E-state index contributed by atoms with van der Waals surface area (Å²) in [6.07, 6.45) is 6.52. The Morgan fingerprint density at radius 2 is 1.88 bits per heavy atom. The summed E-state index contributed by atoms with van der Waals surface area (Å²) in [7, 11) is 1.66. The van der Waals surface area contributed by atoms with Crippen LogP contribution >= 0.6 is 0 Å². The van der Waals surface area contributed by atoms with Gasteiger partial charge in [0.1, 0.15) is 25.3 Å². The van der Waals surface area contributed by atoms with Crippen LogP contribution in [0.2, 0.25) is 0 Å². The van der Waals surface area contributed by atoms with Crippen LogP contribution in [-0.2, 0) is 13.0 Å². The monoisotopic (exact) mass is 449 g/mol. The first-order chi connectivity index (χ1) is 16.1. The number of ether oxygens (including phenoxy) is 3. The average Bonchev–Trinajstić information content (AvgIpc) is 2.87. The van der Waals surface area contributed by atoms with E-state index in [9.17, 15) is 5.11 Å². The minimum absolute atomic E-state index is 0.405. The van der Waals surface area contributed by atoms with Crippen molar-refractivity contribution in [3.8, 4) is 17.2 Å². The van der Waals surface area contributed by atoms with Gasteiger partial charge in [0.15, 0.2) is 11.5 Å². The normalized spacial score (nSPS) is 22.3. The molecule has 1 aliphatic heterocycles. The molecule has 2 aromatic carbocycles. The molecule has 0 amide bonds. The number of rotatable bonds is 7. The van der Waals surface area contributed by atoms with Crippen molar-refractivity contribution in [3.05, 3.63) is 54.0 Å². The molecule has 0 spiro atoms. The highest BCUT2D eigenvalue weighted by Gasteiger charge is 2.33. The van der Waals surface area contributed by atoms with Crippen molar-refractivity contribution in [1.29, 1.82) is 0 Å². The van der Waals surface area contributed by atoms with Gasteiger partial charge in [-0.3, -0.25) is 0 Å². The van der Waals surface area contributed by atoms with Crippen molar-refractivity contribution in [2.45, 2.75) is 56.7 Å². The van der Waals surface area contributed by atoms with E-state index >= 15 is 0 Å². The number of hydrogen-bond acceptors (Lipinski definition) is 7. The molecule has 174 valence electrons. The summed E-state index contributed by atoms with van der Waals surface area (Å²) in [5, 5.41) is 15.9. The third-order valence-electron chi connectivity index (χ3n) is 6.87. The van der Waals surface area contributed by atoms with Crippen molar-refractivity contribution in [3.63, 3.8) is 0 Å². The first-order valence-corrected chi connectivity index (χ1v) is 11.7. The fourth-order valence-corrected chi connectivity index (χ4v) is 4.84. The number of nitrogens with zero attached hydrogens (tertiary/aromatic N) is 2. The Balaban J connectivity index is 1.14. The van der Waals surface area contributed by atoms with E-state index in [1.807, 2.05) is 24.3 Å². The molecule has 2 aliphatic rings. The van der Waals surface area contributed by atoms with Gasteiger partial charge in [0.2, 0.25) is 0 Å². The highest BCUT2D eigenvalue weighted by molar-refractivity contribution is 5.82. The number of methoxy groups -OCH3 is 1. The summed E-state index contributed by atoms with van der Waals surface area (Å²) in [5.74, 6) is 2.44. The third-order valence-corrected chi connectivity index (χ3v) is 6.87. The van der Waals surface area contributed by atoms with Crippen LogP contribution in [0.15, 0.2) is 42.7 Å². The summed E-state index contributed by atoms with van der Waals surface area (Å²) in [6, 6.07) is 12.4. The Kier molecular flexibility index (Phi) is 6.33. The van der Waals surface area contributed by atoms with E-state index in [1.54, 1.807) is 13.4 Å². The molecule has 5 rings (SSSR count). The lowest BCUT2D eigenvalue weighted by atomic mass is 9.79. The Bertz CT molecular complexity index is 1110. The summed E-state index contributed by atoms with van der Waals surface area (Å²) in [5.41, 5.74) is 2.41. The molecule has 1 aromatic heterocycles. The maximum absolute atomic E-state index is 11.2. The number of fused-ring (bicyclic) bond motifs is 2. The Morgan fingerprint density at radius 3 is 2.70 bits per heavy atom. The Hall–Kier alpha value is -2.90. The van der Waals surface area contributed by atoms with Crippen LogP contribution in [0, 0.1) is 0 Å². The van der Waals surface area contributed by atoms with E-state index in [-0.39, 0.29) is 0 Å². The Labute approximate surface area is 194 Å². The topological polar surface area (TPSA) is 85.7 Å². The van der Waals surface area contributed by atoms with Crippen LogP contribution in [0.25, 0.3) is 10.9 Å². The molecule has 1 saturated carbocycles. The van der Waals surface area contributed by atoms with Crippen LogP contribution in [-0.4, -0.2) is 47.0 Å². The number of aryl methyl sites for hydroxylation is 1. The van der Waals surface area contributed by atoms with Gasteiger partial charge in [0, 0.05) is 18.0 Å². The lowest BCUT2D eigenvalue weighted by molar-refractivity contribution is -0.0109. The lowest BCUT2D eigenvalue weighted by Gasteiger charge is -2.36. The number of benzene rings is 2. The van der Waals surface area contributed by atoms with E-state index < -0.39 is 5.60 Å². The van der Waals surface area contributed by atoms with Crippen LogP contribution in [0.4, 0.5) is 0 Å². The van der Waals surface area contributed by atoms with E-state index in [2.05, 4.69) is 27.4 Å². The molecule has 7 nitrogen and oxygen atoms in total. The lowest BCUT2D eigenvalue weighted by Crippen LogP contribution is -2.41. The van der Waals surface area contributed by atoms with Gasteiger partial charge in [-0.05, 0) is 74.4 Å². The minimum atomic E-state index is -0.648. The van der Waals surface area contributed by atoms with Crippen molar-refractivity contribution in [2.24, 2.45) is 0 Å². The van der Waals surface area contributed by atoms with Crippen molar-refractivity contribution in [2.75, 3.05) is 20.3 Å². The van der Waals surface area contributed by atoms with Crippen molar-refractivity contribution >= 4 is 10.9 Å². The van der Waals surface area contributed by atoms with E-state index in [0.29, 0.717) is 25.7 Å². The fourth-order valence-electron chi connectivity index (χ4n) is 4.84. The molecule has 0 unspecified atom stereocenters. The van der Waals surface area contributed by atoms with Gasteiger partial charge in [-0.2, -0.15) is 0 Å². The highest BCUT2D eigenvalue weighted by Crippen LogP contribution is 2.34. The molecule has 33 heavy (non-hydrogen) atoms. The number of hydrogen-bond donors (Lipinski definition) is 2. The minimum Gasteiger partial charge on any atom is -0.497 e. The second-order valence-corrected chi connectivity index (χ2v) is 9.06. The molecule has 0 atom stereocenters. The Morgan fingerprint density at radius 1 is 1.06 bits per heavy atom. The van der Waals surface area contributed by atoms with Crippen LogP contribution in [0.3, 0.4) is 0 Å². The van der Waals surface area contributed by atoms with Gasteiger partial charge in [-0.25, -0.2) is 9.97 Å².